The van der Waals surface area contributed by atoms with Crippen LogP contribution < -0.4 is 5.32 Å². The summed E-state index contributed by atoms with van der Waals surface area (Å²) in [5.74, 6) is -1.65. The van der Waals surface area contributed by atoms with Crippen molar-refractivity contribution in [1.29, 1.82) is 0 Å². The van der Waals surface area contributed by atoms with Gasteiger partial charge in [0.1, 0.15) is 11.6 Å². The van der Waals surface area contributed by atoms with Crippen molar-refractivity contribution in [2.24, 2.45) is 0 Å². The number of halogens is 3. The van der Waals surface area contributed by atoms with E-state index in [1.165, 1.54) is 17.8 Å². The lowest BCUT2D eigenvalue weighted by Crippen LogP contribution is -2.15. The van der Waals surface area contributed by atoms with Gasteiger partial charge in [0.2, 0.25) is 5.91 Å². The Morgan fingerprint density at radius 3 is 2.50 bits per heavy atom. The lowest BCUT2D eigenvalue weighted by atomic mass is 10.3. The van der Waals surface area contributed by atoms with Crippen LogP contribution in [-0.4, -0.2) is 11.7 Å². The first-order valence-corrected chi connectivity index (χ1v) is 7.46. The molecule has 0 saturated heterocycles. The second kappa shape index (κ2) is 6.85. The summed E-state index contributed by atoms with van der Waals surface area (Å²) in [5, 5.41) is 2.41. The minimum atomic E-state index is -0.785. The molecule has 0 heterocycles. The van der Waals surface area contributed by atoms with Crippen LogP contribution in [0.15, 0.2) is 51.8 Å². The minimum absolute atomic E-state index is 0.0205. The number of anilines is 1. The van der Waals surface area contributed by atoms with Gasteiger partial charge >= 0.3 is 0 Å². The molecule has 20 heavy (non-hydrogen) atoms. The molecule has 6 heteroatoms. The van der Waals surface area contributed by atoms with Crippen molar-refractivity contribution in [3.05, 3.63) is 58.6 Å². The number of nitrogens with one attached hydrogen (secondary N) is 1. The zero-order valence-electron chi connectivity index (χ0n) is 10.2. The second-order valence-corrected chi connectivity index (χ2v) is 5.88. The van der Waals surface area contributed by atoms with Crippen molar-refractivity contribution < 1.29 is 13.6 Å². The maximum Gasteiger partial charge on any atom is 0.234 e. The number of hydrogen-bond acceptors (Lipinski definition) is 2. The topological polar surface area (TPSA) is 29.1 Å². The Bertz CT molecular complexity index is 619. The summed E-state index contributed by atoms with van der Waals surface area (Å²) < 4.78 is 27.0. The second-order valence-electron chi connectivity index (χ2n) is 3.91. The summed E-state index contributed by atoms with van der Waals surface area (Å²) in [5.41, 5.74) is -0.0205. The molecule has 0 spiro atoms. The summed E-state index contributed by atoms with van der Waals surface area (Å²) in [7, 11) is 0. The van der Waals surface area contributed by atoms with Crippen LogP contribution >= 0.6 is 27.7 Å². The maximum absolute atomic E-state index is 13.4. The zero-order valence-corrected chi connectivity index (χ0v) is 12.6. The van der Waals surface area contributed by atoms with E-state index in [1.54, 1.807) is 0 Å². The summed E-state index contributed by atoms with van der Waals surface area (Å²) in [6.07, 6.45) is 0. The molecule has 1 amide bonds. The average Bonchev–Trinajstić information content (AvgIpc) is 2.41. The van der Waals surface area contributed by atoms with Crippen LogP contribution in [0.25, 0.3) is 0 Å². The maximum atomic E-state index is 13.4. The first kappa shape index (κ1) is 15.0. The monoisotopic (exact) mass is 357 g/mol. The SMILES string of the molecule is O=C(CSc1ccc(Br)cc1)Nc1ccc(F)cc1F. The summed E-state index contributed by atoms with van der Waals surface area (Å²) >= 11 is 4.66. The molecule has 2 aromatic rings. The average molecular weight is 358 g/mol. The predicted octanol–water partition coefficient (Wildman–Crippen LogP) is 4.46. The van der Waals surface area contributed by atoms with E-state index >= 15 is 0 Å². The molecule has 2 aromatic carbocycles. The van der Waals surface area contributed by atoms with E-state index in [2.05, 4.69) is 21.2 Å². The largest absolute Gasteiger partial charge is 0.323 e. The van der Waals surface area contributed by atoms with E-state index < -0.39 is 11.6 Å². The van der Waals surface area contributed by atoms with Crippen LogP contribution in [0.5, 0.6) is 0 Å². The van der Waals surface area contributed by atoms with Gasteiger partial charge in [-0.2, -0.15) is 0 Å². The van der Waals surface area contributed by atoms with Gasteiger partial charge in [-0.05, 0) is 36.4 Å². The van der Waals surface area contributed by atoms with Gasteiger partial charge in [0, 0.05) is 15.4 Å². The van der Waals surface area contributed by atoms with Crippen LogP contribution in [0.3, 0.4) is 0 Å². The molecule has 0 bridgehead atoms. The molecule has 0 aliphatic rings. The van der Waals surface area contributed by atoms with Gasteiger partial charge in [0.05, 0.1) is 11.4 Å². The number of amides is 1. The first-order valence-electron chi connectivity index (χ1n) is 5.68. The van der Waals surface area contributed by atoms with Crippen LogP contribution in [-0.2, 0) is 4.79 Å². The molecular weight excluding hydrogens is 348 g/mol. The highest BCUT2D eigenvalue weighted by molar-refractivity contribution is 9.10. The molecule has 0 aliphatic heterocycles. The third-order valence-electron chi connectivity index (χ3n) is 2.39. The molecule has 0 aliphatic carbocycles. The third kappa shape index (κ3) is 4.31. The molecule has 1 N–H and O–H groups in total. The zero-order chi connectivity index (χ0) is 14.5. The van der Waals surface area contributed by atoms with Crippen molar-refractivity contribution in [2.75, 3.05) is 11.1 Å². The first-order chi connectivity index (χ1) is 9.54. The normalized spacial score (nSPS) is 10.3. The van der Waals surface area contributed by atoms with Crippen molar-refractivity contribution in [3.63, 3.8) is 0 Å². The summed E-state index contributed by atoms with van der Waals surface area (Å²) in [6.45, 7) is 0. The van der Waals surface area contributed by atoms with Crippen molar-refractivity contribution in [3.8, 4) is 0 Å². The van der Waals surface area contributed by atoms with E-state index in [9.17, 15) is 13.6 Å². The van der Waals surface area contributed by atoms with Gasteiger partial charge in [-0.25, -0.2) is 8.78 Å². The molecule has 2 nitrogen and oxygen atoms in total. The predicted molar refractivity (Wildman–Crippen MR) is 79.9 cm³/mol. The Kier molecular flexibility index (Phi) is 5.14. The smallest absolute Gasteiger partial charge is 0.234 e. The number of thioether (sulfide) groups is 1. The third-order valence-corrected chi connectivity index (χ3v) is 3.93. The Labute approximate surface area is 127 Å². The number of carbonyl (C=O) groups is 1. The van der Waals surface area contributed by atoms with E-state index in [0.29, 0.717) is 0 Å². The van der Waals surface area contributed by atoms with Crippen molar-refractivity contribution in [1.82, 2.24) is 0 Å². The minimum Gasteiger partial charge on any atom is -0.323 e. The van der Waals surface area contributed by atoms with Crippen molar-refractivity contribution in [2.45, 2.75) is 4.90 Å². The Balaban J connectivity index is 1.90. The highest BCUT2D eigenvalue weighted by atomic mass is 79.9. The summed E-state index contributed by atoms with van der Waals surface area (Å²) in [6, 6.07) is 10.5. The quantitative estimate of drug-likeness (QED) is 0.818. The molecule has 0 aromatic heterocycles. The van der Waals surface area contributed by atoms with Gasteiger partial charge in [-0.15, -0.1) is 11.8 Å². The van der Waals surface area contributed by atoms with E-state index in [0.717, 1.165) is 21.5 Å². The molecule has 2 rings (SSSR count). The molecule has 0 atom stereocenters. The van der Waals surface area contributed by atoms with Crippen LogP contribution in [0.1, 0.15) is 0 Å². The summed E-state index contributed by atoms with van der Waals surface area (Å²) in [4.78, 5) is 12.6. The Morgan fingerprint density at radius 1 is 1.15 bits per heavy atom. The Hall–Kier alpha value is -1.40. The van der Waals surface area contributed by atoms with Crippen LogP contribution in [0.4, 0.5) is 14.5 Å². The highest BCUT2D eigenvalue weighted by Gasteiger charge is 2.08. The highest BCUT2D eigenvalue weighted by Crippen LogP contribution is 2.21. The number of carbonyl (C=O) groups excluding carboxylic acids is 1. The fraction of sp³-hybridized carbons (Fsp3) is 0.0714. The van der Waals surface area contributed by atoms with Gasteiger partial charge in [-0.3, -0.25) is 4.79 Å². The standard InChI is InChI=1S/C14H10BrF2NOS/c15-9-1-4-11(5-2-9)20-8-14(19)18-13-6-3-10(16)7-12(13)17/h1-7H,8H2,(H,18,19). The Morgan fingerprint density at radius 2 is 1.85 bits per heavy atom. The fourth-order valence-corrected chi connectivity index (χ4v) is 2.42. The fourth-order valence-electron chi connectivity index (χ4n) is 1.46. The number of benzene rings is 2. The van der Waals surface area contributed by atoms with E-state index in [-0.39, 0.29) is 17.3 Å². The molecular formula is C14H10BrF2NOS. The van der Waals surface area contributed by atoms with Gasteiger partial charge in [-0.1, -0.05) is 15.9 Å². The lowest BCUT2D eigenvalue weighted by Gasteiger charge is -2.06. The molecule has 0 radical (unpaired) electrons. The van der Waals surface area contributed by atoms with Crippen LogP contribution in [0, 0.1) is 11.6 Å². The van der Waals surface area contributed by atoms with Gasteiger partial charge < -0.3 is 5.32 Å². The van der Waals surface area contributed by atoms with Gasteiger partial charge in [0.25, 0.3) is 0 Å². The number of rotatable bonds is 4. The molecule has 0 fully saturated rings. The van der Waals surface area contributed by atoms with E-state index in [4.69, 9.17) is 0 Å². The van der Waals surface area contributed by atoms with E-state index in [1.807, 2.05) is 24.3 Å². The number of hydrogen-bond donors (Lipinski definition) is 1. The molecule has 104 valence electrons. The molecule has 0 unspecified atom stereocenters. The van der Waals surface area contributed by atoms with Gasteiger partial charge in [0.15, 0.2) is 0 Å². The molecule has 0 saturated carbocycles. The van der Waals surface area contributed by atoms with Crippen LogP contribution in [0.2, 0.25) is 0 Å². The van der Waals surface area contributed by atoms with Crippen molar-refractivity contribution >= 4 is 39.3 Å². The lowest BCUT2D eigenvalue weighted by molar-refractivity contribution is -0.113.